The fourth-order valence-corrected chi connectivity index (χ4v) is 4.07. The highest BCUT2D eigenvalue weighted by molar-refractivity contribution is 7.80. The zero-order chi connectivity index (χ0) is 20.7. The molecular weight excluding hydrogens is 396 g/mol. The Labute approximate surface area is 174 Å². The third kappa shape index (κ3) is 5.30. The molecule has 0 spiro atoms. The first-order valence-corrected chi connectivity index (χ1v) is 10.2. The van der Waals surface area contributed by atoms with Gasteiger partial charge in [0.25, 0.3) is 0 Å². The van der Waals surface area contributed by atoms with E-state index in [2.05, 4.69) is 10.6 Å². The predicted molar refractivity (Wildman–Crippen MR) is 117 cm³/mol. The number of anilines is 2. The van der Waals surface area contributed by atoms with Crippen LogP contribution in [0.15, 0.2) is 24.3 Å². The van der Waals surface area contributed by atoms with Gasteiger partial charge in [0.1, 0.15) is 5.00 Å². The Hall–Kier alpha value is -2.45. The van der Waals surface area contributed by atoms with E-state index >= 15 is 0 Å². The van der Waals surface area contributed by atoms with Crippen LogP contribution in [0.1, 0.15) is 51.4 Å². The summed E-state index contributed by atoms with van der Waals surface area (Å²) in [5.74, 6) is -0.737. The van der Waals surface area contributed by atoms with Crippen LogP contribution in [-0.2, 0) is 15.9 Å². The van der Waals surface area contributed by atoms with Crippen molar-refractivity contribution in [2.24, 2.45) is 0 Å². The van der Waals surface area contributed by atoms with Crippen molar-refractivity contribution in [3.63, 3.8) is 0 Å². The molecule has 2 aromatic rings. The van der Waals surface area contributed by atoms with Crippen molar-refractivity contribution in [1.82, 2.24) is 0 Å². The number of carbonyl (C=O) groups is 2. The van der Waals surface area contributed by atoms with Gasteiger partial charge in [0, 0.05) is 10.6 Å². The first kappa shape index (κ1) is 21.8. The van der Waals surface area contributed by atoms with E-state index in [9.17, 15) is 9.59 Å². The highest BCUT2D eigenvalue weighted by Crippen LogP contribution is 2.34. The number of nitrogens with one attached hydrogen (secondary N) is 2. The number of ether oxygens (including phenoxy) is 2. The zero-order valence-corrected chi connectivity index (χ0v) is 18.0. The lowest BCUT2D eigenvalue weighted by molar-refractivity contribution is 0.0504. The Morgan fingerprint density at radius 3 is 2.36 bits per heavy atom. The van der Waals surface area contributed by atoms with Gasteiger partial charge in [0.05, 0.1) is 24.8 Å². The summed E-state index contributed by atoms with van der Waals surface area (Å²) in [7, 11) is 1.36. The fourth-order valence-electron chi connectivity index (χ4n) is 2.64. The van der Waals surface area contributed by atoms with Crippen LogP contribution in [0.25, 0.3) is 0 Å². The van der Waals surface area contributed by atoms with E-state index in [1.54, 1.807) is 24.3 Å². The Kier molecular flexibility index (Phi) is 7.95. The molecule has 0 unspecified atom stereocenters. The van der Waals surface area contributed by atoms with Crippen LogP contribution in [0.2, 0.25) is 0 Å². The van der Waals surface area contributed by atoms with Gasteiger partial charge in [-0.3, -0.25) is 0 Å². The monoisotopic (exact) mass is 420 g/mol. The lowest BCUT2D eigenvalue weighted by Gasteiger charge is -2.11. The van der Waals surface area contributed by atoms with E-state index in [1.807, 2.05) is 20.8 Å². The average molecular weight is 421 g/mol. The first-order valence-electron chi connectivity index (χ1n) is 8.96. The molecule has 0 saturated carbocycles. The van der Waals surface area contributed by atoms with Crippen molar-refractivity contribution in [2.75, 3.05) is 24.4 Å². The van der Waals surface area contributed by atoms with Crippen LogP contribution in [0.3, 0.4) is 0 Å². The summed E-state index contributed by atoms with van der Waals surface area (Å²) >= 11 is 6.83. The Balaban J connectivity index is 2.08. The van der Waals surface area contributed by atoms with E-state index in [0.717, 1.165) is 23.3 Å². The van der Waals surface area contributed by atoms with Gasteiger partial charge in [0.15, 0.2) is 5.11 Å². The molecule has 0 aliphatic rings. The molecule has 0 saturated heterocycles. The van der Waals surface area contributed by atoms with Crippen LogP contribution in [0, 0.1) is 6.92 Å². The van der Waals surface area contributed by atoms with Gasteiger partial charge in [-0.2, -0.15) is 0 Å². The van der Waals surface area contributed by atoms with Crippen molar-refractivity contribution in [3.8, 4) is 0 Å². The molecule has 0 aliphatic heterocycles. The van der Waals surface area contributed by atoms with E-state index < -0.39 is 0 Å². The average Bonchev–Trinajstić information content (AvgIpc) is 3.00. The number of esters is 2. The Morgan fingerprint density at radius 2 is 1.79 bits per heavy atom. The number of benzene rings is 1. The molecule has 2 N–H and O–H groups in total. The summed E-state index contributed by atoms with van der Waals surface area (Å²) in [5.41, 5.74) is 2.67. The number of carbonyl (C=O) groups excluding carboxylic acids is 2. The maximum Gasteiger partial charge on any atom is 0.341 e. The molecule has 0 amide bonds. The number of rotatable bonds is 7. The molecule has 1 aromatic heterocycles. The third-order valence-electron chi connectivity index (χ3n) is 3.99. The van der Waals surface area contributed by atoms with Crippen molar-refractivity contribution in [1.29, 1.82) is 0 Å². The van der Waals surface area contributed by atoms with Crippen molar-refractivity contribution < 1.29 is 19.1 Å². The van der Waals surface area contributed by atoms with Gasteiger partial charge in [-0.25, -0.2) is 9.59 Å². The van der Waals surface area contributed by atoms with Gasteiger partial charge in [0.2, 0.25) is 0 Å². The van der Waals surface area contributed by atoms with Crippen LogP contribution >= 0.6 is 23.6 Å². The number of hydrogen-bond acceptors (Lipinski definition) is 6. The summed E-state index contributed by atoms with van der Waals surface area (Å²) in [6.45, 7) is 6.30. The summed E-state index contributed by atoms with van der Waals surface area (Å²) in [5, 5.41) is 7.13. The molecule has 0 aliphatic carbocycles. The molecule has 0 fully saturated rings. The van der Waals surface area contributed by atoms with E-state index in [1.165, 1.54) is 18.4 Å². The SMILES string of the molecule is CCCOC(=O)c1ccc(NC(=S)Nc2sc(C)c(CC)c2C(=O)OC)cc1. The highest BCUT2D eigenvalue weighted by atomic mass is 32.1. The minimum absolute atomic E-state index is 0.343. The number of thiophene rings is 1. The summed E-state index contributed by atoms with van der Waals surface area (Å²) in [6, 6.07) is 6.84. The molecule has 28 heavy (non-hydrogen) atoms. The molecule has 1 aromatic carbocycles. The van der Waals surface area contributed by atoms with Crippen LogP contribution < -0.4 is 10.6 Å². The van der Waals surface area contributed by atoms with Gasteiger partial charge in [-0.05, 0) is 61.8 Å². The second-order valence-corrected chi connectivity index (χ2v) is 7.61. The Morgan fingerprint density at radius 1 is 1.11 bits per heavy atom. The first-order chi connectivity index (χ1) is 13.4. The second kappa shape index (κ2) is 10.2. The maximum absolute atomic E-state index is 12.2. The summed E-state index contributed by atoms with van der Waals surface area (Å²) < 4.78 is 10.0. The maximum atomic E-state index is 12.2. The molecule has 8 heteroatoms. The molecule has 1 heterocycles. The summed E-state index contributed by atoms with van der Waals surface area (Å²) in [6.07, 6.45) is 1.51. The number of thiocarbonyl (C=S) groups is 1. The number of methoxy groups -OCH3 is 1. The third-order valence-corrected chi connectivity index (χ3v) is 5.26. The molecular formula is C20H24N2O4S2. The van der Waals surface area contributed by atoms with Crippen LogP contribution in [-0.4, -0.2) is 30.8 Å². The summed E-state index contributed by atoms with van der Waals surface area (Å²) in [4.78, 5) is 25.1. The van der Waals surface area contributed by atoms with Gasteiger partial charge < -0.3 is 20.1 Å². The van der Waals surface area contributed by atoms with Crippen LogP contribution in [0.4, 0.5) is 10.7 Å². The van der Waals surface area contributed by atoms with E-state index in [4.69, 9.17) is 21.7 Å². The van der Waals surface area contributed by atoms with Gasteiger partial charge in [-0.15, -0.1) is 11.3 Å². The molecule has 2 rings (SSSR count). The van der Waals surface area contributed by atoms with E-state index in [0.29, 0.717) is 33.5 Å². The predicted octanol–water partition coefficient (Wildman–Crippen LogP) is 4.78. The van der Waals surface area contributed by atoms with E-state index in [-0.39, 0.29) is 11.9 Å². The lowest BCUT2D eigenvalue weighted by Crippen LogP contribution is -2.20. The molecule has 6 nitrogen and oxygen atoms in total. The van der Waals surface area contributed by atoms with Gasteiger partial charge >= 0.3 is 11.9 Å². The van der Waals surface area contributed by atoms with Crippen molar-refractivity contribution in [2.45, 2.75) is 33.6 Å². The van der Waals surface area contributed by atoms with Gasteiger partial charge in [-0.1, -0.05) is 13.8 Å². The smallest absolute Gasteiger partial charge is 0.341 e. The highest BCUT2D eigenvalue weighted by Gasteiger charge is 2.22. The number of hydrogen-bond donors (Lipinski definition) is 2. The fraction of sp³-hybridized carbons (Fsp3) is 0.350. The number of aryl methyl sites for hydroxylation is 1. The van der Waals surface area contributed by atoms with Crippen molar-refractivity contribution >= 4 is 51.3 Å². The minimum atomic E-state index is -0.388. The topological polar surface area (TPSA) is 76.7 Å². The molecule has 0 atom stereocenters. The molecule has 0 radical (unpaired) electrons. The second-order valence-electron chi connectivity index (χ2n) is 5.98. The quantitative estimate of drug-likeness (QED) is 0.493. The molecule has 0 bridgehead atoms. The van der Waals surface area contributed by atoms with Crippen LogP contribution in [0.5, 0.6) is 0 Å². The Bertz CT molecular complexity index is 860. The normalized spacial score (nSPS) is 10.3. The standard InChI is InChI=1S/C20H24N2O4S2/c1-5-11-26-18(23)13-7-9-14(10-8-13)21-20(27)22-17-16(19(24)25-4)15(6-2)12(3)28-17/h7-10H,5-6,11H2,1-4H3,(H2,21,22,27). The lowest BCUT2D eigenvalue weighted by atomic mass is 10.1. The molecule has 150 valence electrons. The minimum Gasteiger partial charge on any atom is -0.465 e. The van der Waals surface area contributed by atoms with Crippen molar-refractivity contribution in [3.05, 3.63) is 45.8 Å². The zero-order valence-electron chi connectivity index (χ0n) is 16.4. The largest absolute Gasteiger partial charge is 0.465 e.